The van der Waals surface area contributed by atoms with E-state index in [1.165, 1.54) is 0 Å². The van der Waals surface area contributed by atoms with Gasteiger partial charge in [-0.2, -0.15) is 0 Å². The molecule has 0 saturated heterocycles. The van der Waals surface area contributed by atoms with Gasteiger partial charge >= 0.3 is 5.97 Å². The van der Waals surface area contributed by atoms with Gasteiger partial charge in [-0.25, -0.2) is 4.79 Å². The molecule has 0 aromatic heterocycles. The molecule has 5 nitrogen and oxygen atoms in total. The first kappa shape index (κ1) is 10.2. The lowest BCUT2D eigenvalue weighted by Gasteiger charge is -2.01. The number of allylic oxidation sites excluding steroid dienone is 2. The monoisotopic (exact) mass is 170 g/mol. The van der Waals surface area contributed by atoms with Crippen LogP contribution in [-0.4, -0.2) is 17.0 Å². The minimum atomic E-state index is -1.58. The lowest BCUT2D eigenvalue weighted by molar-refractivity contribution is -0.304. The zero-order valence-corrected chi connectivity index (χ0v) is 6.02. The van der Waals surface area contributed by atoms with Gasteiger partial charge in [-0.1, -0.05) is 18.2 Å². The van der Waals surface area contributed by atoms with Crippen molar-refractivity contribution in [2.75, 3.05) is 0 Å². The maximum atomic E-state index is 10.3. The van der Waals surface area contributed by atoms with Crippen LogP contribution >= 0.6 is 0 Å². The number of hydrogen-bond acceptors (Lipinski definition) is 4. The molecule has 0 saturated carbocycles. The lowest BCUT2D eigenvalue weighted by atomic mass is 10.3. The van der Waals surface area contributed by atoms with E-state index in [4.69, 9.17) is 5.11 Å². The molecule has 5 heteroatoms. The van der Waals surface area contributed by atoms with Crippen molar-refractivity contribution in [2.45, 2.75) is 6.42 Å². The molecule has 0 aliphatic carbocycles. The van der Waals surface area contributed by atoms with Crippen LogP contribution in [0.15, 0.2) is 24.0 Å². The maximum Gasteiger partial charge on any atom is 0.320 e. The largest absolute Gasteiger partial charge is 0.868 e. The summed E-state index contributed by atoms with van der Waals surface area (Å²) in [6, 6.07) is 0. The number of carbonyl (C=O) groups is 2. The zero-order valence-electron chi connectivity index (χ0n) is 6.02. The Hall–Kier alpha value is -1.78. The van der Waals surface area contributed by atoms with Crippen LogP contribution in [0.4, 0.5) is 0 Å². The highest BCUT2D eigenvalue weighted by Gasteiger charge is 1.88. The average molecular weight is 170 g/mol. The second-order valence-corrected chi connectivity index (χ2v) is 1.84. The third kappa shape index (κ3) is 5.04. The molecule has 1 N–H and O–H groups in total. The first-order chi connectivity index (χ1) is 5.54. The fraction of sp³-hybridized carbons (Fsp3) is 0.143. The molecule has 0 aromatic rings. The fourth-order valence-corrected chi connectivity index (χ4v) is 0.391. The standard InChI is InChI=1S/C7H8O5/c8-5(7(11)12)3-1-2-4-6(9)10/h1-3,8H,4H2,(H,9,10)(H,11,12)/p-2/b2-1+,5-3+. The molecular formula is C7H6O5-2. The SMILES string of the molecule is O=C([O-])C/C=C/C=C(/[O-])C(=O)O. The van der Waals surface area contributed by atoms with Crippen LogP contribution in [0.5, 0.6) is 0 Å². The van der Waals surface area contributed by atoms with Gasteiger partial charge in [-0.05, 0) is 5.76 Å². The molecule has 12 heavy (non-hydrogen) atoms. The third-order valence-electron chi connectivity index (χ3n) is 0.879. The van der Waals surface area contributed by atoms with E-state index in [1.807, 2.05) is 0 Å². The van der Waals surface area contributed by atoms with Crippen LogP contribution in [0.1, 0.15) is 6.42 Å². The molecule has 0 atom stereocenters. The van der Waals surface area contributed by atoms with Crippen molar-refractivity contribution in [3.8, 4) is 0 Å². The molecule has 0 rings (SSSR count). The van der Waals surface area contributed by atoms with E-state index < -0.39 is 17.7 Å². The highest BCUT2D eigenvalue weighted by molar-refractivity contribution is 5.83. The summed E-state index contributed by atoms with van der Waals surface area (Å²) in [5, 5.41) is 28.2. The van der Waals surface area contributed by atoms with E-state index in [0.29, 0.717) is 0 Å². The molecule has 0 aliphatic rings. The summed E-state index contributed by atoms with van der Waals surface area (Å²) in [4.78, 5) is 19.7. The quantitative estimate of drug-likeness (QED) is 0.299. The fourth-order valence-electron chi connectivity index (χ4n) is 0.391. The summed E-state index contributed by atoms with van der Waals surface area (Å²) in [5.74, 6) is -3.96. The second kappa shape index (κ2) is 4.95. The number of carbonyl (C=O) groups excluding carboxylic acids is 1. The summed E-state index contributed by atoms with van der Waals surface area (Å²) in [6.45, 7) is 0. The smallest absolute Gasteiger partial charge is 0.320 e. The predicted molar refractivity (Wildman–Crippen MR) is 34.5 cm³/mol. The normalized spacial score (nSPS) is 11.8. The first-order valence-electron chi connectivity index (χ1n) is 3.01. The van der Waals surface area contributed by atoms with Gasteiger partial charge in [0.25, 0.3) is 0 Å². The summed E-state index contributed by atoms with van der Waals surface area (Å²) in [7, 11) is 0. The molecule has 0 unspecified atom stereocenters. The Balaban J connectivity index is 3.95. The third-order valence-corrected chi connectivity index (χ3v) is 0.879. The van der Waals surface area contributed by atoms with Crippen LogP contribution in [-0.2, 0) is 9.59 Å². The minimum Gasteiger partial charge on any atom is -0.868 e. The number of rotatable bonds is 4. The Labute approximate surface area is 68.3 Å². The Morgan fingerprint density at radius 1 is 1.33 bits per heavy atom. The summed E-state index contributed by atoms with van der Waals surface area (Å²) in [6.07, 6.45) is 2.61. The van der Waals surface area contributed by atoms with Crippen molar-refractivity contribution in [3.63, 3.8) is 0 Å². The van der Waals surface area contributed by atoms with E-state index in [1.54, 1.807) is 0 Å². The van der Waals surface area contributed by atoms with Crippen molar-refractivity contribution in [3.05, 3.63) is 24.0 Å². The van der Waals surface area contributed by atoms with Gasteiger partial charge in [0.1, 0.15) is 0 Å². The van der Waals surface area contributed by atoms with Gasteiger partial charge < -0.3 is 20.1 Å². The molecule has 0 aromatic carbocycles. The first-order valence-corrected chi connectivity index (χ1v) is 3.01. The number of aliphatic carboxylic acids is 2. The van der Waals surface area contributed by atoms with Crippen LogP contribution in [0, 0.1) is 0 Å². The molecule has 0 spiro atoms. The highest BCUT2D eigenvalue weighted by Crippen LogP contribution is 1.86. The van der Waals surface area contributed by atoms with Crippen molar-refractivity contribution in [1.82, 2.24) is 0 Å². The predicted octanol–water partition coefficient (Wildman–Crippen LogP) is -1.99. The molecule has 66 valence electrons. The van der Waals surface area contributed by atoms with Crippen LogP contribution in [0.25, 0.3) is 0 Å². The topological polar surface area (TPSA) is 100 Å². The molecule has 0 bridgehead atoms. The highest BCUT2D eigenvalue weighted by atomic mass is 16.4. The number of carboxylic acids is 2. The number of hydrogen-bond donors (Lipinski definition) is 1. The molecular weight excluding hydrogens is 164 g/mol. The molecule has 0 aliphatic heterocycles. The van der Waals surface area contributed by atoms with E-state index >= 15 is 0 Å². The van der Waals surface area contributed by atoms with E-state index in [0.717, 1.165) is 18.2 Å². The summed E-state index contributed by atoms with van der Waals surface area (Å²) < 4.78 is 0. The van der Waals surface area contributed by atoms with Gasteiger partial charge in [0.2, 0.25) is 0 Å². The minimum absolute atomic E-state index is 0.344. The van der Waals surface area contributed by atoms with Crippen LogP contribution in [0.3, 0.4) is 0 Å². The van der Waals surface area contributed by atoms with Crippen molar-refractivity contribution >= 4 is 11.9 Å². The van der Waals surface area contributed by atoms with Crippen molar-refractivity contribution in [2.24, 2.45) is 0 Å². The van der Waals surface area contributed by atoms with Gasteiger partial charge in [0, 0.05) is 12.4 Å². The van der Waals surface area contributed by atoms with E-state index in [2.05, 4.69) is 0 Å². The summed E-state index contributed by atoms with van der Waals surface area (Å²) >= 11 is 0. The molecule has 0 heterocycles. The Morgan fingerprint density at radius 2 is 1.92 bits per heavy atom. The van der Waals surface area contributed by atoms with Crippen molar-refractivity contribution in [1.29, 1.82) is 0 Å². The molecule has 0 amide bonds. The lowest BCUT2D eigenvalue weighted by Crippen LogP contribution is -2.20. The van der Waals surface area contributed by atoms with Gasteiger partial charge in [-0.15, -0.1) is 0 Å². The van der Waals surface area contributed by atoms with Gasteiger partial charge in [-0.3, -0.25) is 0 Å². The zero-order chi connectivity index (χ0) is 9.56. The number of carboxylic acid groups (broad SMARTS) is 2. The van der Waals surface area contributed by atoms with Crippen molar-refractivity contribution < 1.29 is 24.9 Å². The van der Waals surface area contributed by atoms with Crippen LogP contribution in [0.2, 0.25) is 0 Å². The van der Waals surface area contributed by atoms with E-state index in [9.17, 15) is 19.8 Å². The maximum absolute atomic E-state index is 10.3. The van der Waals surface area contributed by atoms with Crippen LogP contribution < -0.4 is 10.2 Å². The van der Waals surface area contributed by atoms with Gasteiger partial charge in [0.15, 0.2) is 0 Å². The molecule has 0 radical (unpaired) electrons. The summed E-state index contributed by atoms with van der Waals surface area (Å²) in [5.41, 5.74) is 0. The van der Waals surface area contributed by atoms with E-state index in [-0.39, 0.29) is 6.42 Å². The average Bonchev–Trinajstić information content (AvgIpc) is 1.97. The Kier molecular flexibility index (Phi) is 4.21. The molecule has 0 fully saturated rings. The Morgan fingerprint density at radius 3 is 2.33 bits per heavy atom. The van der Waals surface area contributed by atoms with Gasteiger partial charge in [0.05, 0.1) is 0 Å². The second-order valence-electron chi connectivity index (χ2n) is 1.84. The Bertz CT molecular complexity index is 238.